The van der Waals surface area contributed by atoms with E-state index in [1.54, 1.807) is 0 Å². The highest BCUT2D eigenvalue weighted by atomic mass is 35.5. The van der Waals surface area contributed by atoms with Gasteiger partial charge in [-0.1, -0.05) is 24.3 Å². The normalized spacial score (nSPS) is 15.4. The SMILES string of the molecule is Fc1ccc(CN2C3=NCCN3c3ccccc32)cc1.[Cl-]. The van der Waals surface area contributed by atoms with Crippen LogP contribution < -0.4 is 22.2 Å². The van der Waals surface area contributed by atoms with Crippen LogP contribution in [0.2, 0.25) is 0 Å². The van der Waals surface area contributed by atoms with Crippen LogP contribution in [-0.2, 0) is 6.54 Å². The molecule has 0 unspecified atom stereocenters. The Morgan fingerprint density at radius 3 is 2.48 bits per heavy atom. The number of nitrogens with zero attached hydrogens (tertiary/aromatic N) is 3. The van der Waals surface area contributed by atoms with Gasteiger partial charge in [0.2, 0.25) is 5.96 Å². The van der Waals surface area contributed by atoms with Crippen molar-refractivity contribution in [3.63, 3.8) is 0 Å². The number of anilines is 2. The highest BCUT2D eigenvalue weighted by Crippen LogP contribution is 2.39. The Balaban J connectivity index is 0.00000132. The van der Waals surface area contributed by atoms with Gasteiger partial charge in [-0.3, -0.25) is 4.99 Å². The largest absolute Gasteiger partial charge is 1.00 e. The minimum atomic E-state index is -0.199. The summed E-state index contributed by atoms with van der Waals surface area (Å²) in [5, 5.41) is 0. The molecule has 0 radical (unpaired) electrons. The van der Waals surface area contributed by atoms with Crippen molar-refractivity contribution in [2.45, 2.75) is 6.54 Å². The van der Waals surface area contributed by atoms with Crippen LogP contribution in [0, 0.1) is 5.82 Å². The molecule has 0 aliphatic carbocycles. The fraction of sp³-hybridized carbons (Fsp3) is 0.188. The lowest BCUT2D eigenvalue weighted by Crippen LogP contribution is -3.00. The van der Waals surface area contributed by atoms with Crippen molar-refractivity contribution in [1.29, 1.82) is 0 Å². The van der Waals surface area contributed by atoms with Crippen LogP contribution in [0.4, 0.5) is 15.8 Å². The van der Waals surface area contributed by atoms with E-state index in [0.717, 1.165) is 24.6 Å². The lowest BCUT2D eigenvalue weighted by molar-refractivity contribution is -0.00000451. The van der Waals surface area contributed by atoms with Gasteiger partial charge >= 0.3 is 0 Å². The van der Waals surface area contributed by atoms with E-state index in [4.69, 9.17) is 0 Å². The molecule has 4 rings (SSSR count). The monoisotopic (exact) mass is 302 g/mol. The van der Waals surface area contributed by atoms with Crippen LogP contribution >= 0.6 is 0 Å². The van der Waals surface area contributed by atoms with E-state index in [2.05, 4.69) is 33.0 Å². The molecule has 2 heterocycles. The van der Waals surface area contributed by atoms with Crippen molar-refractivity contribution in [2.24, 2.45) is 4.99 Å². The number of hydrogen-bond acceptors (Lipinski definition) is 3. The van der Waals surface area contributed by atoms with Crippen molar-refractivity contribution in [3.8, 4) is 0 Å². The number of aliphatic imine (C=N–C) groups is 1. The summed E-state index contributed by atoms with van der Waals surface area (Å²) in [6.07, 6.45) is 0. The molecule has 2 aliphatic heterocycles. The molecule has 0 saturated heterocycles. The Labute approximate surface area is 129 Å². The second-order valence-corrected chi connectivity index (χ2v) is 5.03. The third-order valence-electron chi connectivity index (χ3n) is 3.78. The summed E-state index contributed by atoms with van der Waals surface area (Å²) < 4.78 is 13.0. The van der Waals surface area contributed by atoms with Crippen LogP contribution in [0.3, 0.4) is 0 Å². The molecule has 0 fully saturated rings. The predicted molar refractivity (Wildman–Crippen MR) is 78.7 cm³/mol. The summed E-state index contributed by atoms with van der Waals surface area (Å²) >= 11 is 0. The van der Waals surface area contributed by atoms with Gasteiger partial charge in [-0.2, -0.15) is 0 Å². The lowest BCUT2D eigenvalue weighted by atomic mass is 10.2. The van der Waals surface area contributed by atoms with Crippen molar-refractivity contribution in [2.75, 3.05) is 22.9 Å². The van der Waals surface area contributed by atoms with Gasteiger partial charge < -0.3 is 22.2 Å². The number of benzene rings is 2. The average Bonchev–Trinajstić information content (AvgIpc) is 3.05. The lowest BCUT2D eigenvalue weighted by Gasteiger charge is -2.19. The molecule has 2 aliphatic rings. The number of fused-ring (bicyclic) bond motifs is 3. The van der Waals surface area contributed by atoms with Gasteiger partial charge in [0.05, 0.1) is 24.5 Å². The summed E-state index contributed by atoms with van der Waals surface area (Å²) in [7, 11) is 0. The van der Waals surface area contributed by atoms with Gasteiger partial charge in [-0.25, -0.2) is 4.39 Å². The Hall–Kier alpha value is -2.07. The fourth-order valence-corrected chi connectivity index (χ4v) is 2.85. The number of halogens is 2. The quantitative estimate of drug-likeness (QED) is 0.779. The van der Waals surface area contributed by atoms with Crippen LogP contribution in [0.15, 0.2) is 53.5 Å². The van der Waals surface area contributed by atoms with Gasteiger partial charge in [-0.05, 0) is 29.8 Å². The van der Waals surface area contributed by atoms with E-state index < -0.39 is 0 Å². The molecule has 0 amide bonds. The molecular weight excluding hydrogens is 289 g/mol. The molecule has 21 heavy (non-hydrogen) atoms. The highest BCUT2D eigenvalue weighted by Gasteiger charge is 2.34. The molecule has 5 heteroatoms. The Bertz CT molecular complexity index is 684. The van der Waals surface area contributed by atoms with Crippen LogP contribution in [0.25, 0.3) is 0 Å². The number of rotatable bonds is 2. The molecule has 0 saturated carbocycles. The Kier molecular flexibility index (Phi) is 3.55. The topological polar surface area (TPSA) is 18.8 Å². The molecule has 0 atom stereocenters. The molecule has 3 nitrogen and oxygen atoms in total. The van der Waals surface area contributed by atoms with E-state index in [0.29, 0.717) is 6.54 Å². The van der Waals surface area contributed by atoms with Crippen molar-refractivity contribution in [1.82, 2.24) is 0 Å². The molecule has 108 valence electrons. The summed E-state index contributed by atoms with van der Waals surface area (Å²) in [5.74, 6) is 0.811. The zero-order valence-corrected chi connectivity index (χ0v) is 12.1. The first-order valence-electron chi connectivity index (χ1n) is 6.76. The summed E-state index contributed by atoms with van der Waals surface area (Å²) in [5.41, 5.74) is 3.47. The summed E-state index contributed by atoms with van der Waals surface area (Å²) in [6.45, 7) is 2.49. The molecule has 2 aromatic carbocycles. The second-order valence-electron chi connectivity index (χ2n) is 5.03. The van der Waals surface area contributed by atoms with Crippen molar-refractivity contribution >= 4 is 17.3 Å². The maximum atomic E-state index is 13.0. The Morgan fingerprint density at radius 2 is 1.71 bits per heavy atom. The summed E-state index contributed by atoms with van der Waals surface area (Å²) in [6, 6.07) is 15.0. The van der Waals surface area contributed by atoms with Crippen LogP contribution in [0.5, 0.6) is 0 Å². The fourth-order valence-electron chi connectivity index (χ4n) is 2.85. The zero-order valence-electron chi connectivity index (χ0n) is 11.3. The van der Waals surface area contributed by atoms with E-state index in [1.807, 2.05) is 18.2 Å². The van der Waals surface area contributed by atoms with Gasteiger partial charge in [-0.15, -0.1) is 0 Å². The maximum Gasteiger partial charge on any atom is 0.206 e. The standard InChI is InChI=1S/C16H14FN3.ClH/c17-13-7-5-12(6-8-13)11-20-15-4-2-1-3-14(15)19-10-9-18-16(19)20;/h1-8H,9-11H2;1H/p-1. The van der Waals surface area contributed by atoms with Crippen LogP contribution in [-0.4, -0.2) is 19.0 Å². The van der Waals surface area contributed by atoms with Gasteiger partial charge in [0, 0.05) is 6.54 Å². The van der Waals surface area contributed by atoms with Crippen molar-refractivity contribution < 1.29 is 16.8 Å². The van der Waals surface area contributed by atoms with E-state index >= 15 is 0 Å². The van der Waals surface area contributed by atoms with Crippen LogP contribution in [0.1, 0.15) is 5.56 Å². The first kappa shape index (κ1) is 13.9. The smallest absolute Gasteiger partial charge is 0.206 e. The second kappa shape index (κ2) is 5.37. The molecule has 0 bridgehead atoms. The van der Waals surface area contributed by atoms with Crippen molar-refractivity contribution in [3.05, 3.63) is 59.9 Å². The molecular formula is C16H14ClFN3-. The minimum Gasteiger partial charge on any atom is -1.00 e. The third kappa shape index (κ3) is 2.25. The van der Waals surface area contributed by atoms with Gasteiger partial charge in [0.1, 0.15) is 5.82 Å². The summed E-state index contributed by atoms with van der Waals surface area (Å²) in [4.78, 5) is 9.05. The zero-order chi connectivity index (χ0) is 13.5. The third-order valence-corrected chi connectivity index (χ3v) is 3.78. The molecule has 0 spiro atoms. The first-order valence-corrected chi connectivity index (χ1v) is 6.76. The Morgan fingerprint density at radius 1 is 1.00 bits per heavy atom. The molecule has 0 aromatic heterocycles. The average molecular weight is 303 g/mol. The van der Waals surface area contributed by atoms with E-state index in [1.165, 1.54) is 23.5 Å². The van der Waals surface area contributed by atoms with Gasteiger partial charge in [0.15, 0.2) is 0 Å². The van der Waals surface area contributed by atoms with E-state index in [9.17, 15) is 4.39 Å². The van der Waals surface area contributed by atoms with E-state index in [-0.39, 0.29) is 18.2 Å². The molecule has 2 aromatic rings. The minimum absolute atomic E-state index is 0. The number of guanidine groups is 1. The number of para-hydroxylation sites is 2. The highest BCUT2D eigenvalue weighted by molar-refractivity contribution is 6.16. The van der Waals surface area contributed by atoms with Gasteiger partial charge in [0.25, 0.3) is 0 Å². The first-order chi connectivity index (χ1) is 9.83. The molecule has 0 N–H and O–H groups in total. The maximum absolute atomic E-state index is 13.0. The predicted octanol–water partition coefficient (Wildman–Crippen LogP) is 0.0259. The number of hydrogen-bond donors (Lipinski definition) is 0.